The van der Waals surface area contributed by atoms with E-state index in [4.69, 9.17) is 5.73 Å². The number of benzene rings is 1. The van der Waals surface area contributed by atoms with E-state index in [0.717, 1.165) is 22.3 Å². The van der Waals surface area contributed by atoms with E-state index in [2.05, 4.69) is 35.0 Å². The molecule has 0 radical (unpaired) electrons. The highest BCUT2D eigenvalue weighted by molar-refractivity contribution is 5.89. The van der Waals surface area contributed by atoms with Gasteiger partial charge in [-0.1, -0.05) is 6.92 Å². The number of aromatic amines is 1. The molecular formula is C14H20N4. The van der Waals surface area contributed by atoms with Crippen molar-refractivity contribution in [2.75, 3.05) is 10.6 Å². The number of anilines is 2. The molecule has 0 saturated carbocycles. The Morgan fingerprint density at radius 3 is 3.06 bits per heavy atom. The first-order valence-electron chi connectivity index (χ1n) is 6.71. The fraction of sp³-hybridized carbons (Fsp3) is 0.500. The predicted octanol–water partition coefficient (Wildman–Crippen LogP) is 2.91. The van der Waals surface area contributed by atoms with Gasteiger partial charge >= 0.3 is 0 Å². The molecule has 2 heterocycles. The Morgan fingerprint density at radius 2 is 2.28 bits per heavy atom. The van der Waals surface area contributed by atoms with Gasteiger partial charge in [0.25, 0.3) is 0 Å². The van der Waals surface area contributed by atoms with Crippen molar-refractivity contribution in [2.45, 2.75) is 45.2 Å². The number of hydrogen-bond acceptors (Lipinski definition) is 3. The fourth-order valence-corrected chi connectivity index (χ4v) is 3.13. The third-order valence-corrected chi connectivity index (χ3v) is 4.12. The lowest BCUT2D eigenvalue weighted by atomic mass is 10.1. The Balaban J connectivity index is 2.09. The summed E-state index contributed by atoms with van der Waals surface area (Å²) in [5.74, 6) is 0. The molecule has 4 nitrogen and oxygen atoms in total. The van der Waals surface area contributed by atoms with Crippen LogP contribution in [-0.2, 0) is 0 Å². The zero-order valence-electron chi connectivity index (χ0n) is 11.0. The van der Waals surface area contributed by atoms with Crippen LogP contribution < -0.4 is 10.6 Å². The maximum atomic E-state index is 6.22. The summed E-state index contributed by atoms with van der Waals surface area (Å²) < 4.78 is 0. The van der Waals surface area contributed by atoms with Gasteiger partial charge in [0.05, 0.1) is 23.1 Å². The van der Waals surface area contributed by atoms with E-state index in [-0.39, 0.29) is 0 Å². The molecular weight excluding hydrogens is 224 g/mol. The van der Waals surface area contributed by atoms with Gasteiger partial charge in [-0.25, -0.2) is 0 Å². The molecule has 96 valence electrons. The minimum absolute atomic E-state index is 0.567. The first kappa shape index (κ1) is 11.4. The van der Waals surface area contributed by atoms with Crippen molar-refractivity contribution in [1.29, 1.82) is 0 Å². The summed E-state index contributed by atoms with van der Waals surface area (Å²) in [7, 11) is 0. The van der Waals surface area contributed by atoms with Crippen LogP contribution in [0.4, 0.5) is 11.4 Å². The van der Waals surface area contributed by atoms with Gasteiger partial charge in [-0.3, -0.25) is 5.10 Å². The highest BCUT2D eigenvalue weighted by atomic mass is 15.2. The summed E-state index contributed by atoms with van der Waals surface area (Å²) in [6.45, 7) is 4.53. The van der Waals surface area contributed by atoms with Crippen molar-refractivity contribution in [3.05, 3.63) is 18.3 Å². The molecule has 2 aromatic rings. The second-order valence-corrected chi connectivity index (χ2v) is 5.26. The van der Waals surface area contributed by atoms with E-state index in [1.165, 1.54) is 19.3 Å². The lowest BCUT2D eigenvalue weighted by molar-refractivity contribution is 0.629. The Bertz CT molecular complexity index is 560. The summed E-state index contributed by atoms with van der Waals surface area (Å²) >= 11 is 0. The number of hydrogen-bond donors (Lipinski definition) is 2. The summed E-state index contributed by atoms with van der Waals surface area (Å²) in [5, 5.41) is 8.18. The van der Waals surface area contributed by atoms with E-state index >= 15 is 0 Å². The lowest BCUT2D eigenvalue weighted by Gasteiger charge is -2.31. The van der Waals surface area contributed by atoms with Crippen molar-refractivity contribution in [3.63, 3.8) is 0 Å². The quantitative estimate of drug-likeness (QED) is 0.799. The molecule has 1 aliphatic rings. The Hall–Kier alpha value is -1.71. The van der Waals surface area contributed by atoms with Gasteiger partial charge in [0.15, 0.2) is 0 Å². The standard InChI is InChI=1S/C14H20N4/c1-3-11-5-4-9(2)18(11)14-7-13-10(6-12(14)15)8-16-17-13/h6-9,11H,3-5,15H2,1-2H3,(H,16,17). The van der Waals surface area contributed by atoms with Crippen LogP contribution in [-0.4, -0.2) is 22.3 Å². The highest BCUT2D eigenvalue weighted by Gasteiger charge is 2.30. The van der Waals surface area contributed by atoms with Crippen molar-refractivity contribution in [1.82, 2.24) is 10.2 Å². The Labute approximate surface area is 107 Å². The molecule has 1 aromatic carbocycles. The van der Waals surface area contributed by atoms with Crippen LogP contribution in [0.1, 0.15) is 33.1 Å². The minimum atomic E-state index is 0.567. The number of nitrogen functional groups attached to an aromatic ring is 1. The van der Waals surface area contributed by atoms with Crippen LogP contribution in [0.3, 0.4) is 0 Å². The molecule has 1 aromatic heterocycles. The average molecular weight is 244 g/mol. The molecule has 3 N–H and O–H groups in total. The number of nitrogens with two attached hydrogens (primary N) is 1. The number of rotatable bonds is 2. The Morgan fingerprint density at radius 1 is 1.44 bits per heavy atom. The molecule has 1 fully saturated rings. The largest absolute Gasteiger partial charge is 0.397 e. The van der Waals surface area contributed by atoms with E-state index < -0.39 is 0 Å². The molecule has 0 amide bonds. The van der Waals surface area contributed by atoms with Crippen molar-refractivity contribution >= 4 is 22.3 Å². The number of fused-ring (bicyclic) bond motifs is 1. The van der Waals surface area contributed by atoms with Crippen LogP contribution in [0.25, 0.3) is 10.9 Å². The molecule has 4 heteroatoms. The summed E-state index contributed by atoms with van der Waals surface area (Å²) in [5.41, 5.74) is 9.30. The normalized spacial score (nSPS) is 24.0. The van der Waals surface area contributed by atoms with Gasteiger partial charge in [-0.2, -0.15) is 5.10 Å². The molecule has 0 aliphatic carbocycles. The maximum absolute atomic E-state index is 6.22. The minimum Gasteiger partial charge on any atom is -0.397 e. The zero-order chi connectivity index (χ0) is 12.7. The number of aromatic nitrogens is 2. The maximum Gasteiger partial charge on any atom is 0.0672 e. The van der Waals surface area contributed by atoms with E-state index in [0.29, 0.717) is 12.1 Å². The topological polar surface area (TPSA) is 57.9 Å². The molecule has 1 saturated heterocycles. The smallest absolute Gasteiger partial charge is 0.0672 e. The second kappa shape index (κ2) is 4.19. The molecule has 0 spiro atoms. The monoisotopic (exact) mass is 244 g/mol. The van der Waals surface area contributed by atoms with Crippen LogP contribution in [0.2, 0.25) is 0 Å². The third-order valence-electron chi connectivity index (χ3n) is 4.12. The van der Waals surface area contributed by atoms with Crippen molar-refractivity contribution in [2.24, 2.45) is 0 Å². The van der Waals surface area contributed by atoms with Gasteiger partial charge in [-0.05, 0) is 38.3 Å². The van der Waals surface area contributed by atoms with Gasteiger partial charge in [0.1, 0.15) is 0 Å². The lowest BCUT2D eigenvalue weighted by Crippen LogP contribution is -2.34. The van der Waals surface area contributed by atoms with Gasteiger partial charge in [0.2, 0.25) is 0 Å². The zero-order valence-corrected chi connectivity index (χ0v) is 11.0. The van der Waals surface area contributed by atoms with Crippen LogP contribution in [0, 0.1) is 0 Å². The first-order valence-corrected chi connectivity index (χ1v) is 6.71. The number of nitrogens with one attached hydrogen (secondary N) is 1. The molecule has 0 bridgehead atoms. The van der Waals surface area contributed by atoms with Crippen LogP contribution >= 0.6 is 0 Å². The van der Waals surface area contributed by atoms with Crippen molar-refractivity contribution in [3.8, 4) is 0 Å². The van der Waals surface area contributed by atoms with Gasteiger partial charge in [-0.15, -0.1) is 0 Å². The molecule has 3 rings (SSSR count). The number of nitrogens with zero attached hydrogens (tertiary/aromatic N) is 2. The molecule has 1 aliphatic heterocycles. The Kier molecular flexibility index (Phi) is 2.65. The van der Waals surface area contributed by atoms with Crippen molar-refractivity contribution < 1.29 is 0 Å². The summed E-state index contributed by atoms with van der Waals surface area (Å²) in [6.07, 6.45) is 5.50. The van der Waals surface area contributed by atoms with E-state index in [9.17, 15) is 0 Å². The summed E-state index contributed by atoms with van der Waals surface area (Å²) in [6, 6.07) is 5.34. The number of H-pyrrole nitrogens is 1. The molecule has 2 unspecified atom stereocenters. The van der Waals surface area contributed by atoms with E-state index in [1.807, 2.05) is 12.3 Å². The highest BCUT2D eigenvalue weighted by Crippen LogP contribution is 2.37. The first-order chi connectivity index (χ1) is 8.70. The fourth-order valence-electron chi connectivity index (χ4n) is 3.13. The predicted molar refractivity (Wildman–Crippen MR) is 75.8 cm³/mol. The summed E-state index contributed by atoms with van der Waals surface area (Å²) in [4.78, 5) is 2.48. The van der Waals surface area contributed by atoms with Crippen LogP contribution in [0.5, 0.6) is 0 Å². The molecule has 2 atom stereocenters. The van der Waals surface area contributed by atoms with Crippen LogP contribution in [0.15, 0.2) is 18.3 Å². The molecule has 18 heavy (non-hydrogen) atoms. The SMILES string of the molecule is CCC1CCC(C)N1c1cc2[nH]ncc2cc1N. The van der Waals surface area contributed by atoms with E-state index in [1.54, 1.807) is 0 Å². The third kappa shape index (κ3) is 1.64. The average Bonchev–Trinajstić information content (AvgIpc) is 2.94. The van der Waals surface area contributed by atoms with Gasteiger partial charge in [0, 0.05) is 17.5 Å². The second-order valence-electron chi connectivity index (χ2n) is 5.26. The van der Waals surface area contributed by atoms with Gasteiger partial charge < -0.3 is 10.6 Å².